The van der Waals surface area contributed by atoms with Gasteiger partial charge in [0.2, 0.25) is 0 Å². The van der Waals surface area contributed by atoms with E-state index in [9.17, 15) is 4.39 Å². The molecule has 0 spiro atoms. The third-order valence-electron chi connectivity index (χ3n) is 6.21. The van der Waals surface area contributed by atoms with Gasteiger partial charge in [-0.05, 0) is 56.2 Å². The normalized spacial score (nSPS) is 11.2. The highest BCUT2D eigenvalue weighted by atomic mass is 19.1. The first-order valence-electron chi connectivity index (χ1n) is 12.6. The van der Waals surface area contributed by atoms with Gasteiger partial charge in [0.25, 0.3) is 0 Å². The van der Waals surface area contributed by atoms with Crippen molar-refractivity contribution in [2.24, 2.45) is 0 Å². The molecule has 0 bridgehead atoms. The SMILES string of the molecule is CCc1c(-c2ccc(F)cc2)nn(CCOCc2ccccc2)c1Nc1cc(-n2nc(C)cc2C)ncn1. The summed E-state index contributed by atoms with van der Waals surface area (Å²) in [7, 11) is 0. The number of nitrogens with zero attached hydrogens (tertiary/aromatic N) is 6. The predicted octanol–water partition coefficient (Wildman–Crippen LogP) is 5.80. The zero-order valence-electron chi connectivity index (χ0n) is 21.7. The number of aromatic nitrogens is 6. The molecule has 38 heavy (non-hydrogen) atoms. The van der Waals surface area contributed by atoms with Gasteiger partial charge in [0, 0.05) is 22.9 Å². The lowest BCUT2D eigenvalue weighted by Gasteiger charge is -2.12. The van der Waals surface area contributed by atoms with E-state index in [0.29, 0.717) is 31.4 Å². The molecule has 2 aromatic carbocycles. The molecule has 8 nitrogen and oxygen atoms in total. The Kier molecular flexibility index (Phi) is 7.55. The van der Waals surface area contributed by atoms with Crippen LogP contribution in [0.4, 0.5) is 16.0 Å². The molecule has 9 heteroatoms. The van der Waals surface area contributed by atoms with Gasteiger partial charge in [0.1, 0.15) is 23.8 Å². The Bertz CT molecular complexity index is 1510. The van der Waals surface area contributed by atoms with Crippen LogP contribution >= 0.6 is 0 Å². The number of halogens is 1. The molecule has 0 aliphatic heterocycles. The lowest BCUT2D eigenvalue weighted by atomic mass is 10.1. The van der Waals surface area contributed by atoms with Crippen LogP contribution in [0, 0.1) is 19.7 Å². The van der Waals surface area contributed by atoms with E-state index < -0.39 is 0 Å². The topological polar surface area (TPSA) is 82.7 Å². The first-order valence-corrected chi connectivity index (χ1v) is 12.6. The van der Waals surface area contributed by atoms with Crippen molar-refractivity contribution in [2.45, 2.75) is 40.3 Å². The van der Waals surface area contributed by atoms with Crippen molar-refractivity contribution in [3.05, 3.63) is 101 Å². The van der Waals surface area contributed by atoms with Gasteiger partial charge in [0.05, 0.1) is 31.1 Å². The molecule has 0 radical (unpaired) electrons. The standard InChI is InChI=1S/C29H30FN7O/c1-4-25-28(23-10-12-24(30)13-11-23)35-36(14-15-38-18-22-8-6-5-7-9-22)29(25)33-26-17-27(32-19-31-26)37-21(3)16-20(2)34-37/h5-13,16-17,19H,4,14-15,18H2,1-3H3,(H,31,32,33). The summed E-state index contributed by atoms with van der Waals surface area (Å²) >= 11 is 0. The number of nitrogens with one attached hydrogen (secondary N) is 1. The number of rotatable bonds is 10. The molecule has 0 fully saturated rings. The number of ether oxygens (including phenoxy) is 1. The van der Waals surface area contributed by atoms with Gasteiger partial charge in [-0.15, -0.1) is 0 Å². The molecule has 194 valence electrons. The second kappa shape index (κ2) is 11.4. The molecular weight excluding hydrogens is 481 g/mol. The maximum absolute atomic E-state index is 13.6. The van der Waals surface area contributed by atoms with Gasteiger partial charge in [-0.1, -0.05) is 37.3 Å². The molecule has 3 aromatic heterocycles. The molecule has 0 saturated heterocycles. The van der Waals surface area contributed by atoms with Crippen LogP contribution in [0.15, 0.2) is 73.1 Å². The lowest BCUT2D eigenvalue weighted by molar-refractivity contribution is 0.111. The highest BCUT2D eigenvalue weighted by Crippen LogP contribution is 2.31. The number of aryl methyl sites for hydroxylation is 2. The highest BCUT2D eigenvalue weighted by Gasteiger charge is 2.19. The highest BCUT2D eigenvalue weighted by molar-refractivity contribution is 5.72. The van der Waals surface area contributed by atoms with Crippen molar-refractivity contribution < 1.29 is 9.13 Å². The Hall–Kier alpha value is -4.37. The van der Waals surface area contributed by atoms with Crippen molar-refractivity contribution in [2.75, 3.05) is 11.9 Å². The summed E-state index contributed by atoms with van der Waals surface area (Å²) in [6.45, 7) is 7.54. The summed E-state index contributed by atoms with van der Waals surface area (Å²) in [5.74, 6) is 1.82. The van der Waals surface area contributed by atoms with Crippen LogP contribution in [-0.2, 0) is 24.3 Å². The van der Waals surface area contributed by atoms with E-state index in [1.165, 1.54) is 18.5 Å². The second-order valence-corrected chi connectivity index (χ2v) is 9.02. The summed E-state index contributed by atoms with van der Waals surface area (Å²) in [6, 6.07) is 20.3. The van der Waals surface area contributed by atoms with Gasteiger partial charge in [-0.25, -0.2) is 23.7 Å². The number of anilines is 2. The molecule has 3 heterocycles. The Morgan fingerprint density at radius 3 is 2.45 bits per heavy atom. The zero-order valence-corrected chi connectivity index (χ0v) is 21.7. The average Bonchev–Trinajstić information content (AvgIpc) is 3.46. The van der Waals surface area contributed by atoms with Crippen LogP contribution in [0.5, 0.6) is 0 Å². The number of hydrogen-bond acceptors (Lipinski definition) is 6. The van der Waals surface area contributed by atoms with Gasteiger partial charge in [0.15, 0.2) is 5.82 Å². The molecule has 5 aromatic rings. The molecule has 0 aliphatic rings. The van der Waals surface area contributed by atoms with Crippen molar-refractivity contribution in [1.29, 1.82) is 0 Å². The fourth-order valence-corrected chi connectivity index (χ4v) is 4.40. The third kappa shape index (κ3) is 5.63. The first kappa shape index (κ1) is 25.3. The fourth-order valence-electron chi connectivity index (χ4n) is 4.40. The number of hydrogen-bond donors (Lipinski definition) is 1. The number of benzene rings is 2. The molecule has 1 N–H and O–H groups in total. The van der Waals surface area contributed by atoms with Gasteiger partial charge < -0.3 is 10.1 Å². The van der Waals surface area contributed by atoms with E-state index >= 15 is 0 Å². The summed E-state index contributed by atoms with van der Waals surface area (Å²) in [6.07, 6.45) is 2.24. The van der Waals surface area contributed by atoms with E-state index in [4.69, 9.17) is 9.84 Å². The summed E-state index contributed by atoms with van der Waals surface area (Å²) < 4.78 is 23.3. The van der Waals surface area contributed by atoms with E-state index in [1.54, 1.807) is 16.8 Å². The molecule has 0 amide bonds. The van der Waals surface area contributed by atoms with Gasteiger partial charge >= 0.3 is 0 Å². The minimum Gasteiger partial charge on any atom is -0.375 e. The summed E-state index contributed by atoms with van der Waals surface area (Å²) in [5.41, 5.74) is 5.67. The third-order valence-corrected chi connectivity index (χ3v) is 6.21. The predicted molar refractivity (Wildman–Crippen MR) is 145 cm³/mol. The first-order chi connectivity index (χ1) is 18.5. The monoisotopic (exact) mass is 511 g/mol. The van der Waals surface area contributed by atoms with Crippen molar-refractivity contribution >= 4 is 11.6 Å². The maximum atomic E-state index is 13.6. The van der Waals surface area contributed by atoms with Crippen LogP contribution in [0.2, 0.25) is 0 Å². The molecule has 5 rings (SSSR count). The Morgan fingerprint density at radius 1 is 0.947 bits per heavy atom. The smallest absolute Gasteiger partial charge is 0.159 e. The minimum atomic E-state index is -0.281. The Morgan fingerprint density at radius 2 is 1.74 bits per heavy atom. The van der Waals surface area contributed by atoms with E-state index in [0.717, 1.165) is 46.0 Å². The van der Waals surface area contributed by atoms with Crippen molar-refractivity contribution in [3.8, 4) is 17.1 Å². The van der Waals surface area contributed by atoms with Gasteiger partial charge in [-0.2, -0.15) is 10.2 Å². The quantitative estimate of drug-likeness (QED) is 0.239. The Balaban J connectivity index is 1.45. The Labute approximate surface area is 221 Å². The molecule has 0 unspecified atom stereocenters. The maximum Gasteiger partial charge on any atom is 0.159 e. The van der Waals surface area contributed by atoms with E-state index in [-0.39, 0.29) is 5.82 Å². The fraction of sp³-hybridized carbons (Fsp3) is 0.241. The average molecular weight is 512 g/mol. The van der Waals surface area contributed by atoms with Crippen LogP contribution in [-0.4, -0.2) is 36.1 Å². The van der Waals surface area contributed by atoms with Gasteiger partial charge in [-0.3, -0.25) is 0 Å². The van der Waals surface area contributed by atoms with Crippen LogP contribution in [0.3, 0.4) is 0 Å². The summed E-state index contributed by atoms with van der Waals surface area (Å²) in [4.78, 5) is 8.87. The van der Waals surface area contributed by atoms with E-state index in [2.05, 4.69) is 27.3 Å². The molecule has 0 aliphatic carbocycles. The van der Waals surface area contributed by atoms with Crippen LogP contribution in [0.1, 0.15) is 29.4 Å². The van der Waals surface area contributed by atoms with Crippen LogP contribution < -0.4 is 5.32 Å². The lowest BCUT2D eigenvalue weighted by Crippen LogP contribution is -2.12. The molecule has 0 saturated carbocycles. The molecular formula is C29H30FN7O. The van der Waals surface area contributed by atoms with Crippen molar-refractivity contribution in [3.63, 3.8) is 0 Å². The second-order valence-electron chi connectivity index (χ2n) is 9.02. The van der Waals surface area contributed by atoms with E-state index in [1.807, 2.05) is 61.0 Å². The van der Waals surface area contributed by atoms with Crippen molar-refractivity contribution in [1.82, 2.24) is 29.5 Å². The molecule has 0 atom stereocenters. The zero-order chi connectivity index (χ0) is 26.5. The van der Waals surface area contributed by atoms with Crippen LogP contribution in [0.25, 0.3) is 17.1 Å². The minimum absolute atomic E-state index is 0.281. The summed E-state index contributed by atoms with van der Waals surface area (Å²) in [5, 5.41) is 12.9. The largest absolute Gasteiger partial charge is 0.375 e.